The van der Waals surface area contributed by atoms with Gasteiger partial charge in [0.15, 0.2) is 0 Å². The fourth-order valence-corrected chi connectivity index (χ4v) is 2.38. The van der Waals surface area contributed by atoms with Crippen molar-refractivity contribution in [3.05, 3.63) is 10.0 Å². The molecule has 0 aliphatic rings. The molecular formula is C12H23N3OS. The van der Waals surface area contributed by atoms with Gasteiger partial charge in [-0.3, -0.25) is 0 Å². The summed E-state index contributed by atoms with van der Waals surface area (Å²) in [7, 11) is 1.75. The Hall–Kier alpha value is -0.520. The first kappa shape index (κ1) is 14.5. The average Bonchev–Trinajstić information content (AvgIpc) is 2.79. The van der Waals surface area contributed by atoms with Gasteiger partial charge in [0.1, 0.15) is 10.0 Å². The van der Waals surface area contributed by atoms with E-state index in [1.54, 1.807) is 18.4 Å². The Balaban J connectivity index is 2.22. The molecule has 1 atom stereocenters. The van der Waals surface area contributed by atoms with Crippen molar-refractivity contribution >= 4 is 11.3 Å². The normalized spacial score (nSPS) is 12.9. The van der Waals surface area contributed by atoms with E-state index in [1.807, 2.05) is 0 Å². The van der Waals surface area contributed by atoms with Crippen molar-refractivity contribution in [1.29, 1.82) is 0 Å². The van der Waals surface area contributed by atoms with Crippen molar-refractivity contribution in [3.8, 4) is 0 Å². The summed E-state index contributed by atoms with van der Waals surface area (Å²) in [6.45, 7) is 6.31. The third-order valence-electron chi connectivity index (χ3n) is 2.67. The van der Waals surface area contributed by atoms with Crippen LogP contribution in [0.3, 0.4) is 0 Å². The van der Waals surface area contributed by atoms with Gasteiger partial charge in [-0.1, -0.05) is 6.92 Å². The fourth-order valence-electron chi connectivity index (χ4n) is 1.48. The van der Waals surface area contributed by atoms with Crippen molar-refractivity contribution < 1.29 is 4.74 Å². The number of nitrogens with zero attached hydrogens (tertiary/aromatic N) is 2. The minimum atomic E-state index is 0.302. The summed E-state index contributed by atoms with van der Waals surface area (Å²) in [4.78, 5) is 0. The van der Waals surface area contributed by atoms with Gasteiger partial charge in [-0.15, -0.1) is 21.5 Å². The molecule has 0 aliphatic carbocycles. The predicted molar refractivity (Wildman–Crippen MR) is 71.6 cm³/mol. The molecule has 0 fully saturated rings. The van der Waals surface area contributed by atoms with Crippen LogP contribution in [0.4, 0.5) is 0 Å². The second-order valence-electron chi connectivity index (χ2n) is 4.13. The maximum absolute atomic E-state index is 5.22. The lowest BCUT2D eigenvalue weighted by Crippen LogP contribution is -2.14. The molecule has 0 saturated carbocycles. The van der Waals surface area contributed by atoms with Crippen LogP contribution in [0.2, 0.25) is 0 Å². The molecule has 0 saturated heterocycles. The third-order valence-corrected chi connectivity index (χ3v) is 3.71. The summed E-state index contributed by atoms with van der Waals surface area (Å²) in [5, 5.41) is 14.0. The highest BCUT2D eigenvalue weighted by Crippen LogP contribution is 2.14. The lowest BCUT2D eigenvalue weighted by molar-refractivity contribution is 0.111. The van der Waals surface area contributed by atoms with Crippen LogP contribution in [0.15, 0.2) is 0 Å². The fraction of sp³-hybridized carbons (Fsp3) is 0.833. The van der Waals surface area contributed by atoms with Crippen LogP contribution in [0, 0.1) is 0 Å². The lowest BCUT2D eigenvalue weighted by atomic mass is 10.2. The van der Waals surface area contributed by atoms with Crippen molar-refractivity contribution in [2.75, 3.05) is 20.2 Å². The molecular weight excluding hydrogens is 234 g/mol. The second-order valence-corrected chi connectivity index (χ2v) is 5.28. The van der Waals surface area contributed by atoms with E-state index in [-0.39, 0.29) is 0 Å². The smallest absolute Gasteiger partial charge is 0.117 e. The number of ether oxygens (including phenoxy) is 1. The predicted octanol–water partition coefficient (Wildman–Crippen LogP) is 2.05. The molecule has 0 bridgehead atoms. The van der Waals surface area contributed by atoms with E-state index in [1.165, 1.54) is 0 Å². The van der Waals surface area contributed by atoms with Crippen LogP contribution >= 0.6 is 11.3 Å². The van der Waals surface area contributed by atoms with Gasteiger partial charge in [0.05, 0.1) is 6.10 Å². The van der Waals surface area contributed by atoms with E-state index in [2.05, 4.69) is 29.4 Å². The highest BCUT2D eigenvalue weighted by molar-refractivity contribution is 7.11. The molecule has 0 spiro atoms. The van der Waals surface area contributed by atoms with Crippen LogP contribution < -0.4 is 5.32 Å². The Kier molecular flexibility index (Phi) is 7.32. The SMILES string of the molecule is CCNCCCc1nnc(CCC(C)OC)s1. The average molecular weight is 257 g/mol. The van der Waals surface area contributed by atoms with Gasteiger partial charge in [-0.05, 0) is 32.9 Å². The summed E-state index contributed by atoms with van der Waals surface area (Å²) < 4.78 is 5.22. The molecule has 0 amide bonds. The van der Waals surface area contributed by atoms with E-state index in [4.69, 9.17) is 4.74 Å². The van der Waals surface area contributed by atoms with Gasteiger partial charge in [0.25, 0.3) is 0 Å². The van der Waals surface area contributed by atoms with E-state index < -0.39 is 0 Å². The minimum absolute atomic E-state index is 0.302. The van der Waals surface area contributed by atoms with Crippen LogP contribution in [-0.2, 0) is 17.6 Å². The quantitative estimate of drug-likeness (QED) is 0.688. The van der Waals surface area contributed by atoms with E-state index in [0.29, 0.717) is 6.10 Å². The highest BCUT2D eigenvalue weighted by Gasteiger charge is 2.06. The molecule has 0 radical (unpaired) electrons. The Labute approximate surface area is 108 Å². The van der Waals surface area contributed by atoms with E-state index >= 15 is 0 Å². The van der Waals surface area contributed by atoms with Crippen molar-refractivity contribution in [2.24, 2.45) is 0 Å². The molecule has 17 heavy (non-hydrogen) atoms. The van der Waals surface area contributed by atoms with Crippen molar-refractivity contribution in [2.45, 2.75) is 45.6 Å². The molecule has 1 N–H and O–H groups in total. The molecule has 0 aromatic carbocycles. The number of nitrogens with one attached hydrogen (secondary N) is 1. The lowest BCUT2D eigenvalue weighted by Gasteiger charge is -2.06. The van der Waals surface area contributed by atoms with Crippen LogP contribution in [0.5, 0.6) is 0 Å². The number of aromatic nitrogens is 2. The number of rotatable bonds is 9. The molecule has 4 nitrogen and oxygen atoms in total. The molecule has 1 unspecified atom stereocenters. The summed E-state index contributed by atoms with van der Waals surface area (Å²) >= 11 is 1.74. The van der Waals surface area contributed by atoms with E-state index in [9.17, 15) is 0 Å². The molecule has 0 aliphatic heterocycles. The molecule has 98 valence electrons. The number of methoxy groups -OCH3 is 1. The van der Waals surface area contributed by atoms with Crippen molar-refractivity contribution in [3.63, 3.8) is 0 Å². The molecule has 1 heterocycles. The first-order valence-electron chi connectivity index (χ1n) is 6.31. The first-order valence-corrected chi connectivity index (χ1v) is 7.12. The Bertz CT molecular complexity index is 304. The summed E-state index contributed by atoms with van der Waals surface area (Å²) in [6, 6.07) is 0. The molecule has 1 aromatic heterocycles. The summed E-state index contributed by atoms with van der Waals surface area (Å²) in [5.41, 5.74) is 0. The monoisotopic (exact) mass is 257 g/mol. The second kappa shape index (κ2) is 8.55. The Morgan fingerprint density at radius 3 is 2.65 bits per heavy atom. The Morgan fingerprint density at radius 1 is 1.29 bits per heavy atom. The van der Waals surface area contributed by atoms with Gasteiger partial charge < -0.3 is 10.1 Å². The minimum Gasteiger partial charge on any atom is -0.382 e. The summed E-state index contributed by atoms with van der Waals surface area (Å²) in [6.07, 6.45) is 4.46. The van der Waals surface area contributed by atoms with Crippen LogP contribution in [0.25, 0.3) is 0 Å². The maximum atomic E-state index is 5.22. The maximum Gasteiger partial charge on any atom is 0.117 e. The highest BCUT2D eigenvalue weighted by atomic mass is 32.1. The number of hydrogen-bond donors (Lipinski definition) is 1. The Morgan fingerprint density at radius 2 is 2.00 bits per heavy atom. The zero-order chi connectivity index (χ0) is 12.5. The number of hydrogen-bond acceptors (Lipinski definition) is 5. The zero-order valence-corrected chi connectivity index (χ0v) is 11.8. The van der Waals surface area contributed by atoms with Gasteiger partial charge >= 0.3 is 0 Å². The topological polar surface area (TPSA) is 47.0 Å². The van der Waals surface area contributed by atoms with Crippen LogP contribution in [-0.4, -0.2) is 36.5 Å². The van der Waals surface area contributed by atoms with Gasteiger partial charge in [0.2, 0.25) is 0 Å². The largest absolute Gasteiger partial charge is 0.382 e. The molecule has 5 heteroatoms. The van der Waals surface area contributed by atoms with E-state index in [0.717, 1.165) is 48.8 Å². The van der Waals surface area contributed by atoms with Gasteiger partial charge in [-0.2, -0.15) is 0 Å². The standard InChI is InChI=1S/C12H23N3OS/c1-4-13-9-5-6-11-14-15-12(17-11)8-7-10(2)16-3/h10,13H,4-9H2,1-3H3. The molecule has 1 aromatic rings. The third kappa shape index (κ3) is 6.10. The number of aryl methyl sites for hydroxylation is 2. The van der Waals surface area contributed by atoms with Crippen LogP contribution in [0.1, 0.15) is 36.7 Å². The van der Waals surface area contributed by atoms with Gasteiger partial charge in [-0.25, -0.2) is 0 Å². The van der Waals surface area contributed by atoms with Gasteiger partial charge in [0, 0.05) is 20.0 Å². The zero-order valence-electron chi connectivity index (χ0n) is 11.0. The van der Waals surface area contributed by atoms with Crippen molar-refractivity contribution in [1.82, 2.24) is 15.5 Å². The molecule has 1 rings (SSSR count). The summed E-state index contributed by atoms with van der Waals surface area (Å²) in [5.74, 6) is 0. The first-order chi connectivity index (χ1) is 8.26.